The fourth-order valence-electron chi connectivity index (χ4n) is 2.96. The van der Waals surface area contributed by atoms with E-state index in [-0.39, 0.29) is 11.4 Å². The Morgan fingerprint density at radius 3 is 2.58 bits per heavy atom. The first-order valence-corrected chi connectivity index (χ1v) is 12.6. The first-order chi connectivity index (χ1) is 15.8. The van der Waals surface area contributed by atoms with E-state index in [9.17, 15) is 14.4 Å². The number of para-hydroxylation sites is 1. The van der Waals surface area contributed by atoms with Crippen molar-refractivity contribution in [3.8, 4) is 11.5 Å². The van der Waals surface area contributed by atoms with E-state index >= 15 is 0 Å². The van der Waals surface area contributed by atoms with E-state index < -0.39 is 17.1 Å². The molecule has 2 aromatic rings. The fraction of sp³-hybridized carbons (Fsp3) is 0.261. The normalized spacial score (nSPS) is 14.7. The molecule has 3 rings (SSSR count). The minimum Gasteiger partial charge on any atom is -0.490 e. The first-order valence-electron chi connectivity index (χ1n) is 10.2. The lowest BCUT2D eigenvalue weighted by Crippen LogP contribution is -2.36. The average molecular weight is 598 g/mol. The highest BCUT2D eigenvalue weighted by Gasteiger charge is 2.36. The molecule has 0 unspecified atom stereocenters. The highest BCUT2D eigenvalue weighted by Crippen LogP contribution is 2.39. The molecule has 3 amide bonds. The SMILES string of the molecule is CCCOc1c(Br)cc(/C=C2\SC(=O)N(CC(=O)Nc3ccccc3Br)C2=O)cc1OCC. The zero-order chi connectivity index (χ0) is 24.0. The topological polar surface area (TPSA) is 84.9 Å². The molecule has 1 aliphatic rings. The number of hydrogen-bond acceptors (Lipinski definition) is 6. The summed E-state index contributed by atoms with van der Waals surface area (Å²) in [6.07, 6.45) is 2.45. The summed E-state index contributed by atoms with van der Waals surface area (Å²) in [5.41, 5.74) is 1.22. The van der Waals surface area contributed by atoms with Crippen molar-refractivity contribution in [1.82, 2.24) is 4.90 Å². The van der Waals surface area contributed by atoms with Crippen LogP contribution in [0.15, 0.2) is 50.2 Å². The molecule has 1 heterocycles. The van der Waals surface area contributed by atoms with Gasteiger partial charge >= 0.3 is 0 Å². The van der Waals surface area contributed by atoms with Crippen molar-refractivity contribution in [1.29, 1.82) is 0 Å². The Balaban J connectivity index is 1.77. The van der Waals surface area contributed by atoms with Crippen LogP contribution < -0.4 is 14.8 Å². The molecule has 0 bridgehead atoms. The average Bonchev–Trinajstić information content (AvgIpc) is 3.02. The van der Waals surface area contributed by atoms with Crippen molar-refractivity contribution in [2.45, 2.75) is 20.3 Å². The number of rotatable bonds is 9. The molecule has 7 nitrogen and oxygen atoms in total. The minimum absolute atomic E-state index is 0.227. The van der Waals surface area contributed by atoms with E-state index in [4.69, 9.17) is 9.47 Å². The highest BCUT2D eigenvalue weighted by molar-refractivity contribution is 9.11. The van der Waals surface area contributed by atoms with E-state index in [1.165, 1.54) is 0 Å². The third kappa shape index (κ3) is 6.39. The smallest absolute Gasteiger partial charge is 0.294 e. The molecule has 1 saturated heterocycles. The van der Waals surface area contributed by atoms with Crippen LogP contribution in [0.5, 0.6) is 11.5 Å². The van der Waals surface area contributed by atoms with Crippen molar-refractivity contribution in [2.75, 3.05) is 25.1 Å². The van der Waals surface area contributed by atoms with Crippen molar-refractivity contribution in [3.05, 3.63) is 55.8 Å². The minimum atomic E-state index is -0.521. The zero-order valence-electron chi connectivity index (χ0n) is 18.0. The van der Waals surface area contributed by atoms with Gasteiger partial charge in [0.1, 0.15) is 6.54 Å². The number of anilines is 1. The maximum Gasteiger partial charge on any atom is 0.294 e. The van der Waals surface area contributed by atoms with Gasteiger partial charge in [-0.15, -0.1) is 0 Å². The van der Waals surface area contributed by atoms with Crippen LogP contribution in [0.3, 0.4) is 0 Å². The van der Waals surface area contributed by atoms with Gasteiger partial charge in [-0.05, 0) is 92.9 Å². The van der Waals surface area contributed by atoms with Gasteiger partial charge in [0.2, 0.25) is 5.91 Å². The molecule has 0 radical (unpaired) electrons. The monoisotopic (exact) mass is 596 g/mol. The van der Waals surface area contributed by atoms with Gasteiger partial charge in [-0.2, -0.15) is 0 Å². The predicted octanol–water partition coefficient (Wildman–Crippen LogP) is 6.07. The van der Waals surface area contributed by atoms with E-state index in [0.717, 1.165) is 23.1 Å². The third-order valence-corrected chi connectivity index (χ3v) is 6.59. The lowest BCUT2D eigenvalue weighted by molar-refractivity contribution is -0.127. The molecular formula is C23H22Br2N2O5S. The summed E-state index contributed by atoms with van der Waals surface area (Å²) in [5.74, 6) is 0.142. The molecule has 0 aliphatic carbocycles. The Morgan fingerprint density at radius 1 is 1.12 bits per heavy atom. The van der Waals surface area contributed by atoms with Crippen LogP contribution >= 0.6 is 43.6 Å². The summed E-state index contributed by atoms with van der Waals surface area (Å²) in [5, 5.41) is 2.20. The Hall–Kier alpha value is -2.30. The molecule has 2 aromatic carbocycles. The number of nitrogens with one attached hydrogen (secondary N) is 1. The number of imide groups is 1. The Morgan fingerprint density at radius 2 is 1.88 bits per heavy atom. The summed E-state index contributed by atoms with van der Waals surface area (Å²) in [4.78, 5) is 38.8. The van der Waals surface area contributed by atoms with Gasteiger partial charge in [-0.1, -0.05) is 19.1 Å². The first kappa shape index (κ1) is 25.3. The number of halogens is 2. The Kier molecular flexibility index (Phi) is 8.99. The summed E-state index contributed by atoms with van der Waals surface area (Å²) < 4.78 is 12.9. The highest BCUT2D eigenvalue weighted by atomic mass is 79.9. The van der Waals surface area contributed by atoms with Gasteiger partial charge in [0, 0.05) is 4.47 Å². The molecule has 174 valence electrons. The quantitative estimate of drug-likeness (QED) is 0.353. The lowest BCUT2D eigenvalue weighted by atomic mass is 10.2. The van der Waals surface area contributed by atoms with Crippen LogP contribution in [-0.2, 0) is 9.59 Å². The van der Waals surface area contributed by atoms with Crippen molar-refractivity contribution in [2.24, 2.45) is 0 Å². The summed E-state index contributed by atoms with van der Waals surface area (Å²) in [7, 11) is 0. The van der Waals surface area contributed by atoms with Gasteiger partial charge in [0.05, 0.1) is 28.3 Å². The lowest BCUT2D eigenvalue weighted by Gasteiger charge is -2.14. The Labute approximate surface area is 213 Å². The van der Waals surface area contributed by atoms with Crippen LogP contribution in [0, 0.1) is 0 Å². The molecule has 0 saturated carbocycles. The standard InChI is InChI=1S/C23H22Br2N2O5S/c1-3-9-32-21-16(25)10-14(11-18(21)31-4-2)12-19-22(29)27(23(30)33-19)13-20(28)26-17-8-6-5-7-15(17)24/h5-8,10-12H,3-4,9,13H2,1-2H3,(H,26,28)/b19-12-. The molecule has 0 atom stereocenters. The van der Waals surface area contributed by atoms with Crippen LogP contribution in [0.2, 0.25) is 0 Å². The summed E-state index contributed by atoms with van der Waals surface area (Å²) in [6, 6.07) is 10.6. The van der Waals surface area contributed by atoms with Gasteiger partial charge < -0.3 is 14.8 Å². The summed E-state index contributed by atoms with van der Waals surface area (Å²) in [6.45, 7) is 4.49. The largest absolute Gasteiger partial charge is 0.490 e. The summed E-state index contributed by atoms with van der Waals surface area (Å²) >= 11 is 7.64. The van der Waals surface area contributed by atoms with E-state index in [1.54, 1.807) is 36.4 Å². The van der Waals surface area contributed by atoms with E-state index in [0.29, 0.717) is 44.9 Å². The van der Waals surface area contributed by atoms with Crippen molar-refractivity contribution < 1.29 is 23.9 Å². The van der Waals surface area contributed by atoms with E-state index in [1.807, 2.05) is 19.9 Å². The van der Waals surface area contributed by atoms with Gasteiger partial charge in [-0.25, -0.2) is 0 Å². The number of carbonyl (C=O) groups excluding carboxylic acids is 3. The molecule has 10 heteroatoms. The van der Waals surface area contributed by atoms with Crippen molar-refractivity contribution in [3.63, 3.8) is 0 Å². The third-order valence-electron chi connectivity index (χ3n) is 4.40. The number of carbonyl (C=O) groups is 3. The molecule has 1 N–H and O–H groups in total. The van der Waals surface area contributed by atoms with Crippen LogP contribution in [0.1, 0.15) is 25.8 Å². The molecule has 33 heavy (non-hydrogen) atoms. The predicted molar refractivity (Wildman–Crippen MR) is 137 cm³/mol. The number of ether oxygens (including phenoxy) is 2. The molecular weight excluding hydrogens is 576 g/mol. The van der Waals surface area contributed by atoms with Crippen LogP contribution in [0.25, 0.3) is 6.08 Å². The second-order valence-corrected chi connectivity index (χ2v) is 9.61. The molecule has 0 spiro atoms. The van der Waals surface area contributed by atoms with Crippen LogP contribution in [0.4, 0.5) is 10.5 Å². The maximum atomic E-state index is 12.8. The van der Waals surface area contributed by atoms with Crippen molar-refractivity contribution >= 4 is 72.4 Å². The van der Waals surface area contributed by atoms with E-state index in [2.05, 4.69) is 37.2 Å². The molecule has 0 aromatic heterocycles. The fourth-order valence-corrected chi connectivity index (χ4v) is 4.76. The number of amides is 3. The Bertz CT molecular complexity index is 1110. The number of nitrogens with zero attached hydrogens (tertiary/aromatic N) is 1. The van der Waals surface area contributed by atoms with Gasteiger partial charge in [-0.3, -0.25) is 19.3 Å². The number of hydrogen-bond donors (Lipinski definition) is 1. The van der Waals surface area contributed by atoms with Crippen LogP contribution in [-0.4, -0.2) is 41.7 Å². The zero-order valence-corrected chi connectivity index (χ0v) is 22.0. The van der Waals surface area contributed by atoms with Gasteiger partial charge in [0.25, 0.3) is 11.1 Å². The number of thioether (sulfide) groups is 1. The number of benzene rings is 2. The second kappa shape index (κ2) is 11.7. The maximum absolute atomic E-state index is 12.8. The molecule has 1 aliphatic heterocycles. The molecule has 1 fully saturated rings. The second-order valence-electron chi connectivity index (χ2n) is 6.91. The van der Waals surface area contributed by atoms with Gasteiger partial charge in [0.15, 0.2) is 11.5 Å².